The lowest BCUT2D eigenvalue weighted by Crippen LogP contribution is -2.49. The van der Waals surface area contributed by atoms with Gasteiger partial charge in [0.25, 0.3) is 5.91 Å². The number of hydrogen-bond donors (Lipinski definition) is 1. The van der Waals surface area contributed by atoms with E-state index < -0.39 is 0 Å². The van der Waals surface area contributed by atoms with Gasteiger partial charge in [-0.3, -0.25) is 9.59 Å². The molecule has 0 saturated carbocycles. The number of amides is 2. The maximum atomic E-state index is 12.4. The number of nitrogens with one attached hydrogen (secondary N) is 1. The third-order valence-electron chi connectivity index (χ3n) is 3.07. The predicted molar refractivity (Wildman–Crippen MR) is 74.8 cm³/mol. The largest absolute Gasteiger partial charge is 0.352 e. The topological polar surface area (TPSA) is 75.2 Å². The SMILES string of the molecule is CC(=O)NC1CCCN(C(=O)c2cc(Cl)nnc2Cl)C1. The minimum atomic E-state index is -0.248. The van der Waals surface area contributed by atoms with Gasteiger partial charge in [-0.15, -0.1) is 10.2 Å². The number of carbonyl (C=O) groups is 2. The first-order valence-electron chi connectivity index (χ1n) is 6.22. The van der Waals surface area contributed by atoms with E-state index in [0.717, 1.165) is 12.8 Å². The Morgan fingerprint density at radius 1 is 1.40 bits per heavy atom. The van der Waals surface area contributed by atoms with Gasteiger partial charge < -0.3 is 10.2 Å². The molecule has 8 heteroatoms. The molecule has 0 bridgehead atoms. The second-order valence-corrected chi connectivity index (χ2v) is 5.41. The van der Waals surface area contributed by atoms with Crippen LogP contribution in [0.4, 0.5) is 0 Å². The van der Waals surface area contributed by atoms with E-state index in [1.165, 1.54) is 13.0 Å². The van der Waals surface area contributed by atoms with Gasteiger partial charge in [0.05, 0.1) is 5.56 Å². The zero-order valence-corrected chi connectivity index (χ0v) is 12.4. The molecular formula is C12H14Cl2N4O2. The van der Waals surface area contributed by atoms with E-state index in [2.05, 4.69) is 15.5 Å². The normalized spacial score (nSPS) is 18.8. The first kappa shape index (κ1) is 15.0. The number of piperidine rings is 1. The Bertz CT molecular complexity index is 538. The van der Waals surface area contributed by atoms with Crippen LogP contribution in [-0.2, 0) is 4.79 Å². The second-order valence-electron chi connectivity index (χ2n) is 4.66. The Kier molecular flexibility index (Phi) is 4.77. The van der Waals surface area contributed by atoms with Crippen molar-refractivity contribution < 1.29 is 9.59 Å². The summed E-state index contributed by atoms with van der Waals surface area (Å²) in [4.78, 5) is 25.1. The van der Waals surface area contributed by atoms with Crippen molar-refractivity contribution in [2.75, 3.05) is 13.1 Å². The zero-order chi connectivity index (χ0) is 14.7. The summed E-state index contributed by atoms with van der Waals surface area (Å²) in [5, 5.41) is 10.2. The fourth-order valence-electron chi connectivity index (χ4n) is 2.24. The van der Waals surface area contributed by atoms with Crippen molar-refractivity contribution in [2.45, 2.75) is 25.8 Å². The average Bonchev–Trinajstić information content (AvgIpc) is 2.40. The zero-order valence-electron chi connectivity index (χ0n) is 10.9. The van der Waals surface area contributed by atoms with Crippen molar-refractivity contribution in [1.82, 2.24) is 20.4 Å². The molecule has 1 aliphatic heterocycles. The van der Waals surface area contributed by atoms with E-state index in [9.17, 15) is 9.59 Å². The van der Waals surface area contributed by atoms with Gasteiger partial charge in [-0.1, -0.05) is 23.2 Å². The lowest BCUT2D eigenvalue weighted by Gasteiger charge is -2.33. The summed E-state index contributed by atoms with van der Waals surface area (Å²) >= 11 is 11.6. The fourth-order valence-corrected chi connectivity index (χ4v) is 2.56. The van der Waals surface area contributed by atoms with Gasteiger partial charge in [0.1, 0.15) is 0 Å². The van der Waals surface area contributed by atoms with Crippen molar-refractivity contribution in [2.24, 2.45) is 0 Å². The minimum absolute atomic E-state index is 0.0288. The molecular weight excluding hydrogens is 303 g/mol. The fraction of sp³-hybridized carbons (Fsp3) is 0.500. The lowest BCUT2D eigenvalue weighted by molar-refractivity contribution is -0.120. The molecule has 2 heterocycles. The summed E-state index contributed by atoms with van der Waals surface area (Å²) in [6.07, 6.45) is 1.67. The Morgan fingerprint density at radius 2 is 2.15 bits per heavy atom. The smallest absolute Gasteiger partial charge is 0.257 e. The number of carbonyl (C=O) groups excluding carboxylic acids is 2. The molecule has 0 aliphatic carbocycles. The number of likely N-dealkylation sites (tertiary alicyclic amines) is 1. The molecule has 1 saturated heterocycles. The molecule has 1 N–H and O–H groups in total. The second kappa shape index (κ2) is 6.37. The third kappa shape index (κ3) is 3.58. The van der Waals surface area contributed by atoms with Gasteiger partial charge >= 0.3 is 0 Å². The number of nitrogens with zero attached hydrogens (tertiary/aromatic N) is 3. The average molecular weight is 317 g/mol. The highest BCUT2D eigenvalue weighted by Crippen LogP contribution is 2.20. The van der Waals surface area contributed by atoms with Crippen molar-refractivity contribution in [3.63, 3.8) is 0 Å². The number of aromatic nitrogens is 2. The van der Waals surface area contributed by atoms with Crippen LogP contribution in [0.5, 0.6) is 0 Å². The highest BCUT2D eigenvalue weighted by molar-refractivity contribution is 6.34. The van der Waals surface area contributed by atoms with Crippen molar-refractivity contribution in [3.8, 4) is 0 Å². The Hall–Kier alpha value is -1.40. The monoisotopic (exact) mass is 316 g/mol. The summed E-state index contributed by atoms with van der Waals surface area (Å²) in [6, 6.07) is 1.37. The Balaban J connectivity index is 2.12. The maximum absolute atomic E-state index is 12.4. The maximum Gasteiger partial charge on any atom is 0.257 e. The van der Waals surface area contributed by atoms with Crippen molar-refractivity contribution in [3.05, 3.63) is 21.9 Å². The Labute approximate surface area is 126 Å². The molecule has 1 atom stereocenters. The summed E-state index contributed by atoms with van der Waals surface area (Å²) < 4.78 is 0. The molecule has 1 aliphatic rings. The van der Waals surface area contributed by atoms with E-state index in [4.69, 9.17) is 23.2 Å². The number of halogens is 2. The summed E-state index contributed by atoms with van der Waals surface area (Å²) in [7, 11) is 0. The minimum Gasteiger partial charge on any atom is -0.352 e. The van der Waals surface area contributed by atoms with Crippen molar-refractivity contribution >= 4 is 35.0 Å². The van der Waals surface area contributed by atoms with E-state index >= 15 is 0 Å². The van der Waals surface area contributed by atoms with E-state index in [0.29, 0.717) is 13.1 Å². The van der Waals surface area contributed by atoms with Gasteiger partial charge in [-0.25, -0.2) is 0 Å². The number of hydrogen-bond acceptors (Lipinski definition) is 4. The van der Waals surface area contributed by atoms with E-state index in [-0.39, 0.29) is 33.7 Å². The van der Waals surface area contributed by atoms with Gasteiger partial charge in [0.2, 0.25) is 5.91 Å². The van der Waals surface area contributed by atoms with Crippen LogP contribution in [0.1, 0.15) is 30.1 Å². The van der Waals surface area contributed by atoms with Crippen LogP contribution < -0.4 is 5.32 Å². The summed E-state index contributed by atoms with van der Waals surface area (Å²) in [5.74, 6) is -0.349. The molecule has 0 aromatic carbocycles. The molecule has 0 radical (unpaired) electrons. The molecule has 1 aromatic heterocycles. The van der Waals surface area contributed by atoms with Crippen LogP contribution in [0.15, 0.2) is 6.07 Å². The van der Waals surface area contributed by atoms with Gasteiger partial charge in [0, 0.05) is 26.1 Å². The first-order valence-corrected chi connectivity index (χ1v) is 6.98. The van der Waals surface area contributed by atoms with E-state index in [1.807, 2.05) is 0 Å². The van der Waals surface area contributed by atoms with E-state index in [1.54, 1.807) is 4.90 Å². The molecule has 2 rings (SSSR count). The lowest BCUT2D eigenvalue weighted by atomic mass is 10.0. The van der Waals surface area contributed by atoms with Gasteiger partial charge in [-0.2, -0.15) is 0 Å². The van der Waals surface area contributed by atoms with Crippen LogP contribution in [0.25, 0.3) is 0 Å². The Morgan fingerprint density at radius 3 is 2.85 bits per heavy atom. The summed E-state index contributed by atoms with van der Waals surface area (Å²) in [6.45, 7) is 2.53. The highest BCUT2D eigenvalue weighted by Gasteiger charge is 2.26. The van der Waals surface area contributed by atoms with Crippen molar-refractivity contribution in [1.29, 1.82) is 0 Å². The van der Waals surface area contributed by atoms with Crippen LogP contribution in [0, 0.1) is 0 Å². The number of rotatable bonds is 2. The van der Waals surface area contributed by atoms with Gasteiger partial charge in [-0.05, 0) is 18.9 Å². The molecule has 20 heavy (non-hydrogen) atoms. The molecule has 1 aromatic rings. The third-order valence-corrected chi connectivity index (χ3v) is 3.53. The first-order chi connectivity index (χ1) is 9.47. The molecule has 108 valence electrons. The predicted octanol–water partition coefficient (Wildman–Crippen LogP) is 1.52. The standard InChI is InChI=1S/C12H14Cl2N4O2/c1-7(19)15-8-3-2-4-18(6-8)12(20)9-5-10(13)16-17-11(9)14/h5,8H,2-4,6H2,1H3,(H,15,19). The van der Waals surface area contributed by atoms with Crippen LogP contribution >= 0.6 is 23.2 Å². The molecule has 1 unspecified atom stereocenters. The molecule has 0 spiro atoms. The molecule has 1 fully saturated rings. The highest BCUT2D eigenvalue weighted by atomic mass is 35.5. The molecule has 2 amide bonds. The summed E-state index contributed by atoms with van der Waals surface area (Å²) in [5.41, 5.74) is 0.232. The molecule has 6 nitrogen and oxygen atoms in total. The van der Waals surface area contributed by atoms with Crippen LogP contribution in [-0.4, -0.2) is 46.0 Å². The van der Waals surface area contributed by atoms with Crippen LogP contribution in [0.3, 0.4) is 0 Å². The quantitative estimate of drug-likeness (QED) is 0.897. The van der Waals surface area contributed by atoms with Gasteiger partial charge in [0.15, 0.2) is 10.3 Å². The van der Waals surface area contributed by atoms with Crippen LogP contribution in [0.2, 0.25) is 10.3 Å².